The summed E-state index contributed by atoms with van der Waals surface area (Å²) < 4.78 is 81.4. The van der Waals surface area contributed by atoms with Crippen molar-refractivity contribution in [1.29, 1.82) is 0 Å². The molecule has 0 aliphatic carbocycles. The van der Waals surface area contributed by atoms with Crippen LogP contribution in [0, 0.1) is 17.8 Å². The predicted octanol–water partition coefficient (Wildman–Crippen LogP) is 6.02. The highest BCUT2D eigenvalue weighted by atomic mass is 19.1. The van der Waals surface area contributed by atoms with Crippen molar-refractivity contribution in [3.63, 3.8) is 0 Å². The molecule has 4 fully saturated rings. The largest absolute Gasteiger partial charge is 0.458 e. The zero-order valence-electron chi connectivity index (χ0n) is 48.7. The first-order chi connectivity index (χ1) is 37.6. The van der Waals surface area contributed by atoms with Crippen molar-refractivity contribution >= 4 is 17.8 Å². The molecule has 4 saturated heterocycles. The Morgan fingerprint density at radius 3 is 2.28 bits per heavy atom. The number of aromatic nitrogens is 6. The summed E-state index contributed by atoms with van der Waals surface area (Å²) in [5, 5.41) is 27.9. The van der Waals surface area contributed by atoms with Gasteiger partial charge >= 0.3 is 12.1 Å². The van der Waals surface area contributed by atoms with Gasteiger partial charge in [0.25, 0.3) is 0 Å². The molecule has 0 saturated carbocycles. The lowest BCUT2D eigenvalue weighted by molar-refractivity contribution is -0.309. The standard InChI is InChI=1S/C56H87FN8O14/c1-15-44-56(9)49(63(26-27-70-11)53(69)79-56)34(3)43(66)20-22-54(7,72-13)51(35(4)47(36(5)52(68)76-44)77-46-30-55(8,73-14)50(67)37(6)75-46)78-45-29-41(28-33(2)74-45)62(10)24-21-39-32-65(61-59-39)42(31-57)48(71-12)38-16-18-40(19-17-38)64-25-23-58-60-64/h16-19,23,25,32-37,41-42,44-51,67H,15,20-22,24,26-31H2,1-14H3/t33-,34+,35+,36-,37+,41+,42-,44-,45+,46+,47+,48-,49-,50+,51-,54-,55-,56-/m1/s1. The average Bonchev–Trinajstić information content (AvgIpc) is 4.30. The molecule has 6 heterocycles. The zero-order chi connectivity index (χ0) is 57.6. The molecule has 3 aromatic rings. The Bertz CT molecular complexity index is 2440. The number of ether oxygens (including phenoxy) is 10. The van der Waals surface area contributed by atoms with E-state index in [0.29, 0.717) is 31.5 Å². The van der Waals surface area contributed by atoms with Gasteiger partial charge in [-0.25, -0.2) is 18.5 Å². The van der Waals surface area contributed by atoms with Crippen LogP contribution in [0.2, 0.25) is 0 Å². The van der Waals surface area contributed by atoms with Crippen molar-refractivity contribution in [3.8, 4) is 5.69 Å². The Labute approximate surface area is 464 Å². The van der Waals surface area contributed by atoms with Crippen LogP contribution in [0.3, 0.4) is 0 Å². The van der Waals surface area contributed by atoms with Crippen LogP contribution in [-0.4, -0.2) is 203 Å². The van der Waals surface area contributed by atoms with E-state index >= 15 is 0 Å². The summed E-state index contributed by atoms with van der Waals surface area (Å²) in [5.74, 6) is -3.18. The van der Waals surface area contributed by atoms with Gasteiger partial charge in [0.1, 0.15) is 36.8 Å². The summed E-state index contributed by atoms with van der Waals surface area (Å²) in [6, 6.07) is 5.88. The molecule has 1 N–H and O–H groups in total. The Morgan fingerprint density at radius 1 is 0.924 bits per heavy atom. The van der Waals surface area contributed by atoms with Crippen LogP contribution in [0.25, 0.3) is 5.69 Å². The fourth-order valence-corrected chi connectivity index (χ4v) is 12.5. The predicted molar refractivity (Wildman–Crippen MR) is 285 cm³/mol. The number of halogens is 1. The molecule has 0 unspecified atom stereocenters. The van der Waals surface area contributed by atoms with Crippen molar-refractivity contribution < 1.29 is 71.2 Å². The van der Waals surface area contributed by atoms with Crippen molar-refractivity contribution in [2.75, 3.05) is 61.9 Å². The second-order valence-electron chi connectivity index (χ2n) is 22.8. The quantitative estimate of drug-likeness (QED) is 0.127. The highest BCUT2D eigenvalue weighted by Crippen LogP contribution is 2.44. The minimum atomic E-state index is -1.41. The summed E-state index contributed by atoms with van der Waals surface area (Å²) >= 11 is 0. The summed E-state index contributed by atoms with van der Waals surface area (Å²) in [6.45, 7) is 16.6. The molecule has 0 radical (unpaired) electrons. The smallest absolute Gasteiger partial charge is 0.411 e. The highest BCUT2D eigenvalue weighted by molar-refractivity contribution is 5.83. The number of cyclic esters (lactones) is 1. The number of hydrogen-bond acceptors (Lipinski definition) is 19. The first kappa shape index (κ1) is 62.0. The number of benzene rings is 1. The number of ketones is 1. The molecular formula is C56H87FN8O14. The van der Waals surface area contributed by atoms with Crippen LogP contribution in [0.5, 0.6) is 0 Å². The third-order valence-corrected chi connectivity index (χ3v) is 17.5. The molecule has 18 atom stereocenters. The third-order valence-electron chi connectivity index (χ3n) is 17.5. The first-order valence-electron chi connectivity index (χ1n) is 27.9. The SMILES string of the molecule is CC[C@H]1OC(=O)[C@H](C)[C@@H](O[C@H]2C[C@@](C)(OC)[C@@H](O)[C@H](C)O2)[C@H](C)[C@@H](O[C@H]2C[C@@H](N(C)CCc3cn([C@H](CF)[C@H](OC)c4ccc(-n5ccnn5)cc4)nn3)C[C@@H](C)O2)[C@](C)(OC)CCC(=O)[C@H](C)[C@H]2N(CCOC)C(=O)O[C@]12C. The van der Waals surface area contributed by atoms with Crippen LogP contribution in [-0.2, 0) is 63.4 Å². The zero-order valence-corrected chi connectivity index (χ0v) is 48.7. The lowest BCUT2D eigenvalue weighted by Crippen LogP contribution is -2.60. The number of carbonyl (C=O) groups is 3. The highest BCUT2D eigenvalue weighted by Gasteiger charge is 2.60. The van der Waals surface area contributed by atoms with Gasteiger partial charge in [-0.15, -0.1) is 10.2 Å². The molecule has 22 nitrogen and oxygen atoms in total. The number of fused-ring (bicyclic) bond motifs is 1. The van der Waals surface area contributed by atoms with E-state index in [1.54, 1.807) is 72.1 Å². The molecule has 79 heavy (non-hydrogen) atoms. The van der Waals surface area contributed by atoms with Gasteiger partial charge in [0.15, 0.2) is 18.2 Å². The van der Waals surface area contributed by atoms with Gasteiger partial charge < -0.3 is 57.4 Å². The van der Waals surface area contributed by atoms with Gasteiger partial charge in [0, 0.05) is 91.3 Å². The van der Waals surface area contributed by atoms with Crippen molar-refractivity contribution in [3.05, 3.63) is 54.1 Å². The summed E-state index contributed by atoms with van der Waals surface area (Å²) in [5.41, 5.74) is -1.41. The van der Waals surface area contributed by atoms with Gasteiger partial charge in [-0.3, -0.25) is 14.5 Å². The summed E-state index contributed by atoms with van der Waals surface area (Å²) in [4.78, 5) is 47.2. The van der Waals surface area contributed by atoms with Gasteiger partial charge in [-0.2, -0.15) is 0 Å². The van der Waals surface area contributed by atoms with Crippen LogP contribution < -0.4 is 0 Å². The van der Waals surface area contributed by atoms with E-state index in [-0.39, 0.29) is 56.8 Å². The maximum Gasteiger partial charge on any atom is 0.411 e. The molecule has 2 aromatic heterocycles. The van der Waals surface area contributed by atoms with Crippen LogP contribution in [0.15, 0.2) is 42.9 Å². The number of nitrogens with zero attached hydrogens (tertiary/aromatic N) is 8. The van der Waals surface area contributed by atoms with Gasteiger partial charge in [-0.05, 0) is 85.5 Å². The van der Waals surface area contributed by atoms with E-state index in [0.717, 1.165) is 11.3 Å². The topological polar surface area (TPSA) is 232 Å². The molecule has 0 spiro atoms. The van der Waals surface area contributed by atoms with E-state index in [2.05, 4.69) is 25.5 Å². The number of methoxy groups -OCH3 is 4. The molecule has 4 aliphatic heterocycles. The van der Waals surface area contributed by atoms with E-state index < -0.39 is 115 Å². The van der Waals surface area contributed by atoms with Crippen LogP contribution >= 0.6 is 0 Å². The minimum absolute atomic E-state index is 0.0281. The molecule has 7 rings (SSSR count). The minimum Gasteiger partial charge on any atom is -0.458 e. The van der Waals surface area contributed by atoms with E-state index in [9.17, 15) is 23.9 Å². The van der Waals surface area contributed by atoms with Gasteiger partial charge in [-0.1, -0.05) is 43.3 Å². The second-order valence-corrected chi connectivity index (χ2v) is 22.8. The maximum atomic E-state index is 14.9. The number of amides is 1. The molecule has 4 aliphatic rings. The van der Waals surface area contributed by atoms with Crippen molar-refractivity contribution in [2.24, 2.45) is 17.8 Å². The molecule has 23 heteroatoms. The number of hydrogen-bond donors (Lipinski definition) is 1. The van der Waals surface area contributed by atoms with Crippen LogP contribution in [0.1, 0.15) is 124 Å². The van der Waals surface area contributed by atoms with E-state index in [1.165, 1.54) is 23.8 Å². The maximum absolute atomic E-state index is 14.9. The number of esters is 1. The number of aliphatic hydroxyl groups is 1. The van der Waals surface area contributed by atoms with Crippen LogP contribution in [0.4, 0.5) is 9.18 Å². The number of aliphatic hydroxyl groups excluding tert-OH is 1. The molecule has 1 amide bonds. The molecule has 1 aromatic carbocycles. The van der Waals surface area contributed by atoms with Gasteiger partial charge in [0.2, 0.25) is 0 Å². The summed E-state index contributed by atoms with van der Waals surface area (Å²) in [7, 11) is 8.21. The van der Waals surface area contributed by atoms with Gasteiger partial charge in [0.05, 0.1) is 78.0 Å². The lowest BCUT2D eigenvalue weighted by atomic mass is 9.75. The second kappa shape index (κ2) is 26.6. The molecule has 442 valence electrons. The monoisotopic (exact) mass is 1110 g/mol. The number of alkyl halides is 1. The normalized spacial score (nSPS) is 35.9. The van der Waals surface area contributed by atoms with E-state index in [4.69, 9.17) is 47.4 Å². The first-order valence-corrected chi connectivity index (χ1v) is 27.9. The molecule has 0 bridgehead atoms. The Hall–Kier alpha value is -4.56. The fraction of sp³-hybridized carbons (Fsp3) is 0.768. The number of Topliss-reactive ketones (excluding diaryl/α,β-unsaturated/α-hetero) is 1. The Morgan fingerprint density at radius 2 is 1.65 bits per heavy atom. The van der Waals surface area contributed by atoms with E-state index in [1.807, 2.05) is 59.0 Å². The van der Waals surface area contributed by atoms with Crippen molar-refractivity contribution in [1.82, 2.24) is 39.8 Å². The number of likely N-dealkylation sites (N-methyl/N-ethyl adjacent to an activating group) is 1. The average molecular weight is 1120 g/mol. The number of carbonyl (C=O) groups excluding carboxylic acids is 3. The van der Waals surface area contributed by atoms with Crippen molar-refractivity contribution in [2.45, 2.75) is 197 Å². The Balaban J connectivity index is 1.14. The fourth-order valence-electron chi connectivity index (χ4n) is 12.5. The number of rotatable bonds is 20. The lowest BCUT2D eigenvalue weighted by Gasteiger charge is -2.49. The molecular weight excluding hydrogens is 1030 g/mol. The third kappa shape index (κ3) is 13.5. The Kier molecular flexibility index (Phi) is 20.9. The summed E-state index contributed by atoms with van der Waals surface area (Å²) in [6.07, 6.45) is -0.371.